The van der Waals surface area contributed by atoms with E-state index in [0.29, 0.717) is 42.9 Å². The molecular formula is C39H43N5O5. The van der Waals surface area contributed by atoms with E-state index in [-0.39, 0.29) is 30.6 Å². The van der Waals surface area contributed by atoms with Gasteiger partial charge in [-0.25, -0.2) is 4.98 Å². The molecule has 254 valence electrons. The van der Waals surface area contributed by atoms with Crippen LogP contribution in [0, 0.1) is 0 Å². The van der Waals surface area contributed by atoms with Crippen LogP contribution in [0.15, 0.2) is 103 Å². The van der Waals surface area contributed by atoms with E-state index in [0.717, 1.165) is 53.4 Å². The maximum atomic E-state index is 12.6. The first-order valence-electron chi connectivity index (χ1n) is 16.9. The molecule has 10 heteroatoms. The van der Waals surface area contributed by atoms with E-state index < -0.39 is 6.29 Å². The number of benzene rings is 4. The number of nitrogens with two attached hydrogens (primary N) is 1. The smallest absolute Gasteiger partial charge is 0.224 e. The number of para-hydroxylation sites is 4. The molecule has 0 unspecified atom stereocenters. The Morgan fingerprint density at radius 1 is 0.796 bits per heavy atom. The lowest BCUT2D eigenvalue weighted by molar-refractivity contribution is -0.252. The van der Waals surface area contributed by atoms with E-state index in [1.54, 1.807) is 12.1 Å². The predicted octanol–water partition coefficient (Wildman–Crippen LogP) is 7.27. The van der Waals surface area contributed by atoms with Crippen molar-refractivity contribution in [1.82, 2.24) is 9.55 Å². The highest BCUT2D eigenvalue weighted by Gasteiger charge is 2.32. The van der Waals surface area contributed by atoms with Crippen molar-refractivity contribution in [3.05, 3.63) is 120 Å². The van der Waals surface area contributed by atoms with Crippen molar-refractivity contribution < 1.29 is 24.2 Å². The number of hydrogen-bond acceptors (Lipinski definition) is 7. The average Bonchev–Trinajstić information content (AvgIpc) is 3.53. The van der Waals surface area contributed by atoms with Gasteiger partial charge in [-0.2, -0.15) is 0 Å². The van der Waals surface area contributed by atoms with Crippen LogP contribution in [-0.2, 0) is 32.2 Å². The number of aliphatic hydroxyl groups excluding tert-OH is 1. The Bertz CT molecular complexity index is 1840. The average molecular weight is 662 g/mol. The summed E-state index contributed by atoms with van der Waals surface area (Å²) in [6, 6.07) is 30.7. The third-order valence-corrected chi connectivity index (χ3v) is 8.80. The molecule has 1 aliphatic rings. The van der Waals surface area contributed by atoms with Gasteiger partial charge in [0.2, 0.25) is 11.8 Å². The standard InChI is InChI=1S/C39H43N5O5/c40-32-9-5-6-10-33(32)43-38(47)14-4-2-1-3-13-37(46)42-30-21-19-29(20-22-30)39-48-31(24-44-26-41-34-11-7-8-12-35(34)44)23-36(49-39)28-17-15-27(25-45)16-18-28/h5-12,15-22,26,31,36,39,45H,1-4,13-14,23-25,40H2,(H,42,46)(H,43,47)/t31-,36+,39+/m0/s1. The van der Waals surface area contributed by atoms with E-state index in [1.165, 1.54) is 0 Å². The van der Waals surface area contributed by atoms with Gasteiger partial charge >= 0.3 is 0 Å². The van der Waals surface area contributed by atoms with Gasteiger partial charge in [-0.3, -0.25) is 9.59 Å². The maximum Gasteiger partial charge on any atom is 0.224 e. The van der Waals surface area contributed by atoms with Gasteiger partial charge in [0.05, 0.1) is 54.1 Å². The minimum atomic E-state index is -0.604. The number of carbonyl (C=O) groups excluding carboxylic acids is 2. The SMILES string of the molecule is Nc1ccccc1NC(=O)CCCCCCC(=O)Nc1ccc([C@@H]2O[C@H](Cn3cnc4ccccc43)C[C@H](c3ccc(CO)cc3)O2)cc1. The minimum absolute atomic E-state index is 0.0109. The molecule has 0 aliphatic carbocycles. The Kier molecular flexibility index (Phi) is 11.3. The van der Waals surface area contributed by atoms with Crippen LogP contribution in [-0.4, -0.2) is 32.6 Å². The van der Waals surface area contributed by atoms with Crippen LogP contribution in [0.4, 0.5) is 17.1 Å². The van der Waals surface area contributed by atoms with Crippen molar-refractivity contribution in [3.63, 3.8) is 0 Å². The van der Waals surface area contributed by atoms with Gasteiger partial charge in [0, 0.05) is 30.5 Å². The summed E-state index contributed by atoms with van der Waals surface area (Å²) in [5.74, 6) is -0.105. The van der Waals surface area contributed by atoms with Crippen molar-refractivity contribution in [2.45, 2.75) is 76.6 Å². The highest BCUT2D eigenvalue weighted by molar-refractivity contribution is 5.93. The summed E-state index contributed by atoms with van der Waals surface area (Å²) >= 11 is 0. The fraction of sp³-hybridized carbons (Fsp3) is 0.308. The van der Waals surface area contributed by atoms with Crippen molar-refractivity contribution in [2.24, 2.45) is 0 Å². The molecule has 2 amide bonds. The first-order valence-corrected chi connectivity index (χ1v) is 16.9. The van der Waals surface area contributed by atoms with Gasteiger partial charge in [0.1, 0.15) is 0 Å². The molecule has 5 N–H and O–H groups in total. The maximum absolute atomic E-state index is 12.6. The molecule has 6 rings (SSSR count). The first-order chi connectivity index (χ1) is 23.9. The summed E-state index contributed by atoms with van der Waals surface area (Å²) in [4.78, 5) is 29.4. The van der Waals surface area contributed by atoms with Crippen molar-refractivity contribution in [1.29, 1.82) is 0 Å². The van der Waals surface area contributed by atoms with E-state index >= 15 is 0 Å². The quantitative estimate of drug-likeness (QED) is 0.0724. The number of imidazole rings is 1. The number of ether oxygens (including phenoxy) is 2. The lowest BCUT2D eigenvalue weighted by atomic mass is 10.00. The van der Waals surface area contributed by atoms with Gasteiger partial charge in [0.25, 0.3) is 0 Å². The lowest BCUT2D eigenvalue weighted by Gasteiger charge is -2.36. The second-order valence-corrected chi connectivity index (χ2v) is 12.5. The van der Waals surface area contributed by atoms with Gasteiger partial charge < -0.3 is 35.5 Å². The fourth-order valence-electron chi connectivity index (χ4n) is 6.10. The monoisotopic (exact) mass is 661 g/mol. The van der Waals surface area contributed by atoms with Crippen LogP contribution in [0.1, 0.15) is 74.0 Å². The van der Waals surface area contributed by atoms with Crippen molar-refractivity contribution >= 4 is 39.9 Å². The highest BCUT2D eigenvalue weighted by atomic mass is 16.7. The van der Waals surface area contributed by atoms with Crippen LogP contribution < -0.4 is 16.4 Å². The first kappa shape index (κ1) is 33.9. The Labute approximate surface area is 286 Å². The van der Waals surface area contributed by atoms with E-state index in [1.807, 2.05) is 85.2 Å². The summed E-state index contributed by atoms with van der Waals surface area (Å²) in [6.07, 6.45) is 5.61. The van der Waals surface area contributed by atoms with Crippen molar-refractivity contribution in [3.8, 4) is 0 Å². The zero-order valence-electron chi connectivity index (χ0n) is 27.5. The number of nitrogens with zero attached hydrogens (tertiary/aromatic N) is 2. The number of aliphatic hydroxyl groups is 1. The summed E-state index contributed by atoms with van der Waals surface area (Å²) in [7, 11) is 0. The zero-order chi connectivity index (χ0) is 34.0. The molecule has 1 aromatic heterocycles. The lowest BCUT2D eigenvalue weighted by Crippen LogP contribution is -2.32. The molecule has 10 nitrogen and oxygen atoms in total. The summed E-state index contributed by atoms with van der Waals surface area (Å²) in [5.41, 5.74) is 12.5. The Morgan fingerprint density at radius 3 is 2.20 bits per heavy atom. The van der Waals surface area contributed by atoms with Crippen molar-refractivity contribution in [2.75, 3.05) is 16.4 Å². The second kappa shape index (κ2) is 16.4. The Hall–Kier alpha value is -5.03. The van der Waals surface area contributed by atoms with Gasteiger partial charge in [-0.05, 0) is 60.4 Å². The molecule has 0 spiro atoms. The molecule has 4 aromatic carbocycles. The van der Waals surface area contributed by atoms with E-state index in [9.17, 15) is 14.7 Å². The normalized spacial score (nSPS) is 17.5. The number of rotatable bonds is 14. The number of nitrogen functional groups attached to an aromatic ring is 1. The van der Waals surface area contributed by atoms with Crippen LogP contribution in [0.3, 0.4) is 0 Å². The number of carbonyl (C=O) groups is 2. The summed E-state index contributed by atoms with van der Waals surface area (Å²) in [5, 5.41) is 15.3. The largest absolute Gasteiger partial charge is 0.397 e. The number of nitrogens with one attached hydrogen (secondary N) is 2. The number of amides is 2. The third kappa shape index (κ3) is 9.11. The second-order valence-electron chi connectivity index (χ2n) is 12.5. The molecule has 49 heavy (non-hydrogen) atoms. The summed E-state index contributed by atoms with van der Waals surface area (Å²) in [6.45, 7) is 0.610. The molecule has 0 saturated carbocycles. The Morgan fingerprint density at radius 2 is 1.47 bits per heavy atom. The molecule has 5 aromatic rings. The molecule has 1 saturated heterocycles. The number of hydrogen-bond donors (Lipinski definition) is 4. The van der Waals surface area contributed by atoms with Crippen LogP contribution in [0.5, 0.6) is 0 Å². The number of unbranched alkanes of at least 4 members (excludes halogenated alkanes) is 3. The van der Waals surface area contributed by atoms with Crippen LogP contribution in [0.25, 0.3) is 11.0 Å². The number of anilines is 3. The van der Waals surface area contributed by atoms with E-state index in [4.69, 9.17) is 15.2 Å². The van der Waals surface area contributed by atoms with Crippen LogP contribution in [0.2, 0.25) is 0 Å². The Balaban J connectivity index is 0.999. The number of aromatic nitrogens is 2. The predicted molar refractivity (Wildman–Crippen MR) is 190 cm³/mol. The third-order valence-electron chi connectivity index (χ3n) is 8.80. The molecule has 3 atom stereocenters. The molecule has 1 fully saturated rings. The number of fused-ring (bicyclic) bond motifs is 1. The topological polar surface area (TPSA) is 141 Å². The molecule has 2 heterocycles. The van der Waals surface area contributed by atoms with Gasteiger partial charge in [-0.1, -0.05) is 73.5 Å². The minimum Gasteiger partial charge on any atom is -0.397 e. The van der Waals surface area contributed by atoms with E-state index in [2.05, 4.69) is 26.3 Å². The molecule has 0 bridgehead atoms. The van der Waals surface area contributed by atoms with Crippen LogP contribution >= 0.6 is 0 Å². The molecular weight excluding hydrogens is 618 g/mol. The zero-order valence-corrected chi connectivity index (χ0v) is 27.5. The summed E-state index contributed by atoms with van der Waals surface area (Å²) < 4.78 is 15.1. The molecule has 1 aliphatic heterocycles. The fourth-order valence-corrected chi connectivity index (χ4v) is 6.10. The highest BCUT2D eigenvalue weighted by Crippen LogP contribution is 2.39. The van der Waals surface area contributed by atoms with Gasteiger partial charge in [-0.15, -0.1) is 0 Å². The van der Waals surface area contributed by atoms with Gasteiger partial charge in [0.15, 0.2) is 6.29 Å². The molecule has 0 radical (unpaired) electrons.